The molecule has 16 aromatic rings. The minimum Gasteiger partial charge on any atom is -0.307 e. The summed E-state index contributed by atoms with van der Waals surface area (Å²) >= 11 is 0. The smallest absolute Gasteiger partial charge is 0.0998 e. The van der Waals surface area contributed by atoms with E-state index in [9.17, 15) is 5.26 Å². The van der Waals surface area contributed by atoms with Crippen LogP contribution >= 0.6 is 0 Å². The van der Waals surface area contributed by atoms with Gasteiger partial charge in [0.05, 0.1) is 80.2 Å². The Labute approximate surface area is 507 Å². The van der Waals surface area contributed by atoms with Crippen molar-refractivity contribution in [1.82, 2.24) is 34.1 Å². The zero-order valence-corrected chi connectivity index (χ0v) is 47.4. The van der Waals surface area contributed by atoms with E-state index >= 15 is 0 Å². The normalized spacial score (nSPS) is 11.4. The summed E-state index contributed by atoms with van der Waals surface area (Å²) in [5, 5.41) is 15.5. The molecule has 0 unspecified atom stereocenters. The van der Waals surface area contributed by atoms with Gasteiger partial charge in [-0.1, -0.05) is 188 Å². The number of nitrogens with zero attached hydrogens (tertiary/aromatic N) is 8. The van der Waals surface area contributed by atoms with Gasteiger partial charge in [0, 0.05) is 79.7 Å². The molecule has 8 nitrogen and oxygen atoms in total. The Hall–Kier alpha value is -12.2. The van der Waals surface area contributed by atoms with Gasteiger partial charge in [0.15, 0.2) is 0 Å². The Kier molecular flexibility index (Phi) is 12.7. The second-order valence-electron chi connectivity index (χ2n) is 22.0. The van der Waals surface area contributed by atoms with Crippen molar-refractivity contribution in [3.63, 3.8) is 0 Å². The maximum Gasteiger partial charge on any atom is 0.0998 e. The fraction of sp³-hybridized carbons (Fsp3) is 0. The van der Waals surface area contributed by atoms with Crippen LogP contribution in [0.15, 0.2) is 304 Å². The molecule has 16 rings (SSSR count). The van der Waals surface area contributed by atoms with E-state index in [1.165, 1.54) is 0 Å². The van der Waals surface area contributed by atoms with Crippen molar-refractivity contribution in [3.8, 4) is 118 Å². The summed E-state index contributed by atoms with van der Waals surface area (Å²) in [4.78, 5) is 24.6. The highest BCUT2D eigenvalue weighted by molar-refractivity contribution is 6.14. The molecule has 8 heteroatoms. The van der Waals surface area contributed by atoms with Crippen LogP contribution in [0.2, 0.25) is 0 Å². The van der Waals surface area contributed by atoms with Crippen LogP contribution in [0.25, 0.3) is 156 Å². The molecule has 0 N–H and O–H groups in total. The van der Waals surface area contributed by atoms with E-state index in [0.717, 1.165) is 156 Å². The predicted octanol–water partition coefficient (Wildman–Crippen LogP) is 19.7. The Morgan fingerprint density at radius 1 is 0.273 bits per heavy atom. The highest BCUT2D eigenvalue weighted by atomic mass is 15.0. The zero-order valence-electron chi connectivity index (χ0n) is 47.4. The van der Waals surface area contributed by atoms with Gasteiger partial charge in [-0.15, -0.1) is 0 Å². The maximum atomic E-state index is 11.3. The lowest BCUT2D eigenvalue weighted by molar-refractivity contribution is 1.09. The van der Waals surface area contributed by atoms with E-state index in [4.69, 9.17) is 24.9 Å². The van der Waals surface area contributed by atoms with Crippen molar-refractivity contribution in [1.29, 1.82) is 5.26 Å². The third-order valence-corrected chi connectivity index (χ3v) is 16.9. The van der Waals surface area contributed by atoms with Gasteiger partial charge >= 0.3 is 0 Å². The summed E-state index contributed by atoms with van der Waals surface area (Å²) in [7, 11) is 0. The molecule has 7 heterocycles. The number of pyridine rings is 5. The van der Waals surface area contributed by atoms with Crippen LogP contribution in [0.3, 0.4) is 0 Å². The number of fused-ring (bicyclic) bond motifs is 6. The van der Waals surface area contributed by atoms with Gasteiger partial charge in [-0.2, -0.15) is 5.26 Å². The Morgan fingerprint density at radius 2 is 0.557 bits per heavy atom. The van der Waals surface area contributed by atoms with E-state index in [2.05, 4.69) is 191 Å². The molecule has 0 saturated carbocycles. The van der Waals surface area contributed by atoms with Crippen LogP contribution in [0.4, 0.5) is 0 Å². The molecule has 0 aliphatic heterocycles. The SMILES string of the molecule is N#Cc1ccccc1-c1c(-n2c3cc(-c4ccnc(-c5ccccc5)c4)ccc3c3ccc(-c4ccnc(-c5ccccc5)c4)cc32)cncc1-n1c2cc(-c3ccnc(-c4ccccc4)c3)ccc2c2ccc(-c3ccnc(-c4ccccc4)c3)cc21. The maximum absolute atomic E-state index is 11.3. The average molecular weight is 1120 g/mol. The van der Waals surface area contributed by atoms with Gasteiger partial charge in [0.2, 0.25) is 0 Å². The van der Waals surface area contributed by atoms with Gasteiger partial charge in [-0.25, -0.2) is 0 Å². The fourth-order valence-corrected chi connectivity index (χ4v) is 12.6. The van der Waals surface area contributed by atoms with E-state index in [1.54, 1.807) is 0 Å². The Bertz CT molecular complexity index is 4810. The quantitative estimate of drug-likeness (QED) is 0.128. The fourth-order valence-electron chi connectivity index (χ4n) is 12.6. The molecule has 7 aromatic heterocycles. The topological polar surface area (TPSA) is 98.1 Å². The van der Waals surface area contributed by atoms with Gasteiger partial charge in [0.25, 0.3) is 0 Å². The third-order valence-electron chi connectivity index (χ3n) is 16.9. The molecule has 9 aromatic carbocycles. The van der Waals surface area contributed by atoms with Gasteiger partial charge < -0.3 is 9.13 Å². The molecule has 0 aliphatic rings. The zero-order chi connectivity index (χ0) is 58.5. The summed E-state index contributed by atoms with van der Waals surface area (Å²) < 4.78 is 4.73. The number of aromatic nitrogens is 7. The van der Waals surface area contributed by atoms with Crippen molar-refractivity contribution in [2.24, 2.45) is 0 Å². The van der Waals surface area contributed by atoms with Crippen LogP contribution in [-0.4, -0.2) is 34.1 Å². The van der Waals surface area contributed by atoms with Crippen molar-refractivity contribution in [2.75, 3.05) is 0 Å². The van der Waals surface area contributed by atoms with Crippen molar-refractivity contribution < 1.29 is 0 Å². The van der Waals surface area contributed by atoms with Crippen LogP contribution in [0, 0.1) is 11.3 Å². The first-order valence-electron chi connectivity index (χ1n) is 29.3. The molecule has 0 spiro atoms. The van der Waals surface area contributed by atoms with Crippen molar-refractivity contribution in [3.05, 3.63) is 310 Å². The summed E-state index contributed by atoms with van der Waals surface area (Å²) in [6, 6.07) is 95.8. The first-order valence-corrected chi connectivity index (χ1v) is 29.3. The minimum absolute atomic E-state index is 0.534. The molecule has 0 radical (unpaired) electrons. The lowest BCUT2D eigenvalue weighted by atomic mass is 9.97. The summed E-state index contributed by atoms with van der Waals surface area (Å²) in [5.41, 5.74) is 23.6. The lowest BCUT2D eigenvalue weighted by Crippen LogP contribution is -2.06. The molecule has 410 valence electrons. The second-order valence-corrected chi connectivity index (χ2v) is 22.0. The lowest BCUT2D eigenvalue weighted by Gasteiger charge is -2.20. The molecule has 0 amide bonds. The van der Waals surface area contributed by atoms with Crippen LogP contribution in [-0.2, 0) is 0 Å². The molecular weight excluding hydrogens is 1070 g/mol. The minimum atomic E-state index is 0.534. The number of rotatable bonds is 11. The van der Waals surface area contributed by atoms with Gasteiger partial charge in [0.1, 0.15) is 0 Å². The molecule has 88 heavy (non-hydrogen) atoms. The molecule has 0 saturated heterocycles. The highest BCUT2D eigenvalue weighted by Gasteiger charge is 2.26. The number of benzene rings is 9. The molecule has 0 fully saturated rings. The molecule has 0 bridgehead atoms. The standard InChI is InChI=1S/C80H50N8/c81-49-64-23-13-14-24-65(64)80-78(87-74-45-56(60-33-37-83-70(41-60)52-15-5-1-6-16-52)25-29-66(74)67-30-26-57(46-75(67)87)61-34-38-84-71(42-61)53-17-7-2-8-18-53)50-82-51-79(80)88-76-47-58(62-35-39-85-72(43-62)54-19-9-3-10-20-54)27-31-68(76)69-32-28-59(48-77(69)88)63-36-40-86-73(44-63)55-21-11-4-12-22-55/h1-48,50-51H. The summed E-state index contributed by atoms with van der Waals surface area (Å²) in [6.07, 6.45) is 11.5. The van der Waals surface area contributed by atoms with Gasteiger partial charge in [-0.05, 0) is 123 Å². The first-order chi connectivity index (χ1) is 43.6. The molecule has 0 atom stereocenters. The van der Waals surface area contributed by atoms with Crippen LogP contribution in [0.1, 0.15) is 5.56 Å². The number of hydrogen-bond donors (Lipinski definition) is 0. The predicted molar refractivity (Wildman–Crippen MR) is 358 cm³/mol. The van der Waals surface area contributed by atoms with Crippen molar-refractivity contribution >= 4 is 43.6 Å². The number of nitriles is 1. The monoisotopic (exact) mass is 1120 g/mol. The molecular formula is C80H50N8. The average Bonchev–Trinajstić information content (AvgIpc) is 2.27. The van der Waals surface area contributed by atoms with E-state index in [-0.39, 0.29) is 0 Å². The van der Waals surface area contributed by atoms with E-state index in [0.29, 0.717) is 5.56 Å². The van der Waals surface area contributed by atoms with Gasteiger partial charge in [-0.3, -0.25) is 24.9 Å². The van der Waals surface area contributed by atoms with E-state index in [1.807, 2.05) is 128 Å². The highest BCUT2D eigenvalue weighted by Crippen LogP contribution is 2.46. The first kappa shape index (κ1) is 51.5. The summed E-state index contributed by atoms with van der Waals surface area (Å²) in [6.45, 7) is 0. The Balaban J connectivity index is 0.988. The Morgan fingerprint density at radius 3 is 0.864 bits per heavy atom. The van der Waals surface area contributed by atoms with Crippen LogP contribution in [0.5, 0.6) is 0 Å². The number of hydrogen-bond acceptors (Lipinski definition) is 6. The second kappa shape index (κ2) is 21.8. The largest absolute Gasteiger partial charge is 0.307 e. The summed E-state index contributed by atoms with van der Waals surface area (Å²) in [5.74, 6) is 0. The molecule has 0 aliphatic carbocycles. The van der Waals surface area contributed by atoms with E-state index < -0.39 is 0 Å². The van der Waals surface area contributed by atoms with Crippen molar-refractivity contribution in [2.45, 2.75) is 0 Å². The third kappa shape index (κ3) is 9.15. The van der Waals surface area contributed by atoms with Crippen LogP contribution < -0.4 is 0 Å².